The zero-order valence-electron chi connectivity index (χ0n) is 40.0. The van der Waals surface area contributed by atoms with Gasteiger partial charge in [-0.05, 0) is 28.2 Å². The SMILES string of the molecule is CC(C)(C)C(=O)/C=C(\O)C(C)(C)C.CC(C)(C)c1cc[c-]c(-c2cc(C(C)(C)C)ccn2)c1.[Ir].[c-]1cccc2c1c1ncc[c]3c1c1[c](cccc21)[Ge]3([c]1ccccc1)[c]1ccccc1. The van der Waals surface area contributed by atoms with Crippen molar-refractivity contribution in [3.8, 4) is 11.3 Å². The van der Waals surface area contributed by atoms with Crippen LogP contribution in [0.5, 0.6) is 0 Å². The Morgan fingerprint density at radius 3 is 1.72 bits per heavy atom. The number of carbonyl (C=O) groups is 1. The predicted molar refractivity (Wildman–Crippen MR) is 273 cm³/mol. The van der Waals surface area contributed by atoms with Crippen LogP contribution < -0.4 is 17.6 Å². The molecule has 0 aliphatic carbocycles. The third kappa shape index (κ3) is 9.99. The van der Waals surface area contributed by atoms with Gasteiger partial charge in [0.25, 0.3) is 0 Å². The molecule has 1 aliphatic heterocycles. The van der Waals surface area contributed by atoms with Gasteiger partial charge in [-0.3, -0.25) is 4.79 Å². The molecular formula is C59H62GeIrN2O2-2. The van der Waals surface area contributed by atoms with E-state index in [2.05, 4.69) is 180 Å². The Morgan fingerprint density at radius 1 is 0.569 bits per heavy atom. The van der Waals surface area contributed by atoms with E-state index in [-0.39, 0.29) is 47.9 Å². The summed E-state index contributed by atoms with van der Waals surface area (Å²) in [5.41, 5.74) is 5.30. The van der Waals surface area contributed by atoms with Gasteiger partial charge in [0.05, 0.1) is 0 Å². The summed E-state index contributed by atoms with van der Waals surface area (Å²) < 4.78 is 5.96. The van der Waals surface area contributed by atoms with Crippen LogP contribution in [0.25, 0.3) is 43.7 Å². The number of pyridine rings is 2. The molecule has 0 amide bonds. The average molecular weight is 1100 g/mol. The predicted octanol–water partition coefficient (Wildman–Crippen LogP) is 12.3. The quantitative estimate of drug-likeness (QED) is 0.0627. The van der Waals surface area contributed by atoms with E-state index in [1.165, 1.54) is 56.3 Å². The Kier molecular flexibility index (Phi) is 14.4. The van der Waals surface area contributed by atoms with Crippen molar-refractivity contribution in [1.82, 2.24) is 9.97 Å². The topological polar surface area (TPSA) is 63.1 Å². The number of nitrogens with zero attached hydrogens (tertiary/aromatic N) is 2. The molecule has 1 aliphatic rings. The van der Waals surface area contributed by atoms with Crippen molar-refractivity contribution in [2.75, 3.05) is 0 Å². The first-order valence-corrected chi connectivity index (χ1v) is 26.5. The number of aliphatic hydroxyl groups excluding tert-OH is 1. The third-order valence-corrected chi connectivity index (χ3v) is 22.4. The molecule has 1 N–H and O–H groups in total. The van der Waals surface area contributed by atoms with Crippen molar-refractivity contribution in [3.63, 3.8) is 0 Å². The molecule has 8 aromatic rings. The van der Waals surface area contributed by atoms with Crippen LogP contribution in [0.4, 0.5) is 0 Å². The summed E-state index contributed by atoms with van der Waals surface area (Å²) in [5.74, 6) is 0.104. The second-order valence-electron chi connectivity index (χ2n) is 21.1. The van der Waals surface area contributed by atoms with E-state index >= 15 is 0 Å². The van der Waals surface area contributed by atoms with Crippen LogP contribution in [0, 0.1) is 23.0 Å². The standard InChI is InChI=1S/C29H18GeN.C19H24N.C11H20O2.Ir/c1-3-10-20(11-4-1)30(21-12-5-2-6-13-21)25-17-9-16-23-22-14-7-8-15-24(22)29-28(27(23)25)26(30)18-19-31-29;1-18(2,3)15-9-7-8-14(12-15)17-13-16(10-11-20-17)19(4,5)6;1-10(2,3)8(12)7-9(13)11(4,5)6;/h1-14,16-19H;7,9-13H,1-6H3;7,12H,1-6H3;/q2*-1;;/b;;8-7-;. The van der Waals surface area contributed by atoms with Gasteiger partial charge in [0.15, 0.2) is 5.78 Å². The number of aromatic nitrogens is 2. The van der Waals surface area contributed by atoms with Gasteiger partial charge in [-0.25, -0.2) is 0 Å². The van der Waals surface area contributed by atoms with E-state index in [1.54, 1.807) is 0 Å². The van der Waals surface area contributed by atoms with E-state index in [1.807, 2.05) is 66.1 Å². The fraction of sp³-hybridized carbons (Fsp3) is 0.271. The first-order chi connectivity index (χ1) is 30.1. The number of fused-ring (bicyclic) bond motifs is 3. The number of hydrogen-bond donors (Lipinski definition) is 1. The van der Waals surface area contributed by atoms with Crippen LogP contribution in [0.15, 0.2) is 158 Å². The Hall–Kier alpha value is -5.20. The molecule has 1 radical (unpaired) electrons. The van der Waals surface area contributed by atoms with Crippen molar-refractivity contribution in [2.45, 2.75) is 93.9 Å². The molecule has 0 saturated carbocycles. The molecule has 0 spiro atoms. The van der Waals surface area contributed by atoms with Crippen LogP contribution in [0.3, 0.4) is 0 Å². The van der Waals surface area contributed by atoms with Gasteiger partial charge in [0, 0.05) is 43.2 Å². The fourth-order valence-electron chi connectivity index (χ4n) is 8.43. The van der Waals surface area contributed by atoms with Crippen LogP contribution >= 0.6 is 0 Å². The van der Waals surface area contributed by atoms with Gasteiger partial charge in [0.1, 0.15) is 5.76 Å². The first kappa shape index (κ1) is 49.2. The summed E-state index contributed by atoms with van der Waals surface area (Å²) in [6.07, 6.45) is 5.25. The van der Waals surface area contributed by atoms with Crippen molar-refractivity contribution in [3.05, 3.63) is 181 Å². The number of hydrogen-bond acceptors (Lipinski definition) is 4. The van der Waals surface area contributed by atoms with Crippen LogP contribution in [-0.2, 0) is 35.7 Å². The van der Waals surface area contributed by atoms with Crippen LogP contribution in [-0.4, -0.2) is 34.1 Å². The average Bonchev–Trinajstić information content (AvgIpc) is 3.58. The summed E-state index contributed by atoms with van der Waals surface area (Å²) in [7, 11) is 0. The molecule has 6 heteroatoms. The number of carbonyl (C=O) groups excluding carboxylic acids is 1. The Labute approximate surface area is 403 Å². The van der Waals surface area contributed by atoms with Crippen molar-refractivity contribution < 1.29 is 30.0 Å². The maximum atomic E-state index is 11.5. The molecule has 335 valence electrons. The van der Waals surface area contributed by atoms with Gasteiger partial charge >= 0.3 is 184 Å². The molecule has 0 atom stereocenters. The van der Waals surface area contributed by atoms with Crippen LogP contribution in [0.1, 0.15) is 94.2 Å². The van der Waals surface area contributed by atoms with E-state index in [9.17, 15) is 9.90 Å². The van der Waals surface area contributed by atoms with Crippen molar-refractivity contribution >= 4 is 69.1 Å². The Bertz CT molecular complexity index is 2820. The van der Waals surface area contributed by atoms with E-state index in [0.29, 0.717) is 0 Å². The minimum absolute atomic E-state index is 0. The number of allylic oxidation sites excluding steroid dienone is 2. The summed E-state index contributed by atoms with van der Waals surface area (Å²) in [4.78, 5) is 20.9. The second kappa shape index (κ2) is 19.0. The first-order valence-electron chi connectivity index (χ1n) is 22.3. The van der Waals surface area contributed by atoms with Crippen molar-refractivity contribution in [2.24, 2.45) is 10.8 Å². The molecule has 4 nitrogen and oxygen atoms in total. The Morgan fingerprint density at radius 2 is 1.14 bits per heavy atom. The molecular weight excluding hydrogens is 1030 g/mol. The fourth-order valence-corrected chi connectivity index (χ4v) is 19.3. The third-order valence-electron chi connectivity index (χ3n) is 12.2. The zero-order chi connectivity index (χ0) is 46.2. The number of aliphatic hydroxyl groups is 1. The number of benzene rings is 6. The molecule has 65 heavy (non-hydrogen) atoms. The van der Waals surface area contributed by atoms with Gasteiger partial charge in [-0.1, -0.05) is 89.2 Å². The molecule has 0 saturated heterocycles. The van der Waals surface area contributed by atoms with E-state index in [0.717, 1.165) is 22.2 Å². The van der Waals surface area contributed by atoms with Crippen LogP contribution in [0.2, 0.25) is 0 Å². The van der Waals surface area contributed by atoms with Gasteiger partial charge < -0.3 is 10.1 Å². The number of ketones is 1. The summed E-state index contributed by atoms with van der Waals surface area (Å²) in [6, 6.07) is 55.3. The molecule has 6 aromatic carbocycles. The zero-order valence-corrected chi connectivity index (χ0v) is 44.5. The van der Waals surface area contributed by atoms with E-state index in [4.69, 9.17) is 4.98 Å². The monoisotopic (exact) mass is 1100 g/mol. The van der Waals surface area contributed by atoms with Crippen molar-refractivity contribution in [1.29, 1.82) is 0 Å². The molecule has 2 aromatic heterocycles. The molecule has 0 bridgehead atoms. The maximum absolute atomic E-state index is 11.5. The Balaban J connectivity index is 0.000000179. The van der Waals surface area contributed by atoms with Gasteiger partial charge in [-0.15, -0.1) is 35.4 Å². The molecule has 3 heterocycles. The summed E-state index contributed by atoms with van der Waals surface area (Å²) in [6.45, 7) is 24.5. The summed E-state index contributed by atoms with van der Waals surface area (Å²) >= 11 is -3.17. The number of rotatable bonds is 4. The van der Waals surface area contributed by atoms with E-state index < -0.39 is 18.7 Å². The normalized spacial score (nSPS) is 13.4. The molecule has 0 unspecified atom stereocenters. The molecule has 0 fully saturated rings. The summed E-state index contributed by atoms with van der Waals surface area (Å²) in [5, 5.41) is 16.0. The van der Waals surface area contributed by atoms with Gasteiger partial charge in [0.2, 0.25) is 0 Å². The molecule has 9 rings (SSSR count). The van der Waals surface area contributed by atoms with Gasteiger partial charge in [-0.2, -0.15) is 0 Å². The second-order valence-corrected chi connectivity index (χ2v) is 28.9. The minimum atomic E-state index is -3.17.